The largest absolute Gasteiger partial charge is 0.506 e. The lowest BCUT2D eigenvalue weighted by atomic mass is 10.1. The molecule has 0 aliphatic heterocycles. The maximum absolute atomic E-state index is 11.1. The van der Waals surface area contributed by atoms with E-state index in [1.54, 1.807) is 6.07 Å². The molecular formula is C22H19N3O2S. The molecule has 28 heavy (non-hydrogen) atoms. The molecule has 140 valence electrons. The second-order valence-corrected chi connectivity index (χ2v) is 7.32. The molecule has 0 aliphatic rings. The molecule has 0 saturated carbocycles. The van der Waals surface area contributed by atoms with Crippen molar-refractivity contribution in [2.75, 3.05) is 18.4 Å². The number of phenolic OH excluding ortho intramolecular Hbond substituents is 1. The number of carbonyl (C=O) groups is 1. The first-order valence-electron chi connectivity index (χ1n) is 8.71. The van der Waals surface area contributed by atoms with Gasteiger partial charge in [0.15, 0.2) is 0 Å². The molecule has 0 bridgehead atoms. The predicted molar refractivity (Wildman–Crippen MR) is 113 cm³/mol. The number of fused-ring (bicyclic) bond motifs is 1. The number of aryl methyl sites for hydroxylation is 1. The second-order valence-electron chi connectivity index (χ2n) is 6.08. The summed E-state index contributed by atoms with van der Waals surface area (Å²) in [6.45, 7) is 2.88. The zero-order valence-corrected chi connectivity index (χ0v) is 16.2. The van der Waals surface area contributed by atoms with Crippen LogP contribution >= 0.6 is 11.3 Å². The minimum atomic E-state index is -0.401. The third kappa shape index (κ3) is 5.03. The summed E-state index contributed by atoms with van der Waals surface area (Å²) >= 11 is 1.54. The van der Waals surface area contributed by atoms with Gasteiger partial charge in [-0.25, -0.2) is 4.98 Å². The lowest BCUT2D eigenvalue weighted by Crippen LogP contribution is -2.23. The molecule has 0 radical (unpaired) electrons. The van der Waals surface area contributed by atoms with E-state index in [0.717, 1.165) is 26.5 Å². The van der Waals surface area contributed by atoms with Crippen molar-refractivity contribution in [2.45, 2.75) is 13.3 Å². The van der Waals surface area contributed by atoms with Crippen LogP contribution in [0, 0.1) is 31.1 Å². The fourth-order valence-electron chi connectivity index (χ4n) is 2.70. The van der Waals surface area contributed by atoms with Gasteiger partial charge in [0.2, 0.25) is 0 Å². The van der Waals surface area contributed by atoms with E-state index in [9.17, 15) is 9.90 Å². The Labute approximate surface area is 167 Å². The van der Waals surface area contributed by atoms with Crippen LogP contribution < -0.4 is 10.6 Å². The van der Waals surface area contributed by atoms with Crippen molar-refractivity contribution in [3.63, 3.8) is 0 Å². The van der Waals surface area contributed by atoms with Gasteiger partial charge in [-0.05, 0) is 49.1 Å². The number of hydrogen-bond donors (Lipinski definition) is 3. The molecule has 1 aromatic heterocycles. The minimum absolute atomic E-state index is 0.156. The number of benzene rings is 2. The highest BCUT2D eigenvalue weighted by molar-refractivity contribution is 7.18. The molecule has 0 fully saturated rings. The molecule has 6 heteroatoms. The van der Waals surface area contributed by atoms with Crippen LogP contribution in [-0.2, 0) is 11.2 Å². The van der Waals surface area contributed by atoms with Crippen molar-refractivity contribution in [3.05, 3.63) is 52.5 Å². The number of amides is 1. The van der Waals surface area contributed by atoms with Gasteiger partial charge in [0, 0.05) is 17.8 Å². The van der Waals surface area contributed by atoms with Crippen molar-refractivity contribution in [1.29, 1.82) is 0 Å². The van der Waals surface area contributed by atoms with Crippen molar-refractivity contribution >= 4 is 33.1 Å². The molecule has 3 N–H and O–H groups in total. The Morgan fingerprint density at radius 1 is 1.32 bits per heavy atom. The van der Waals surface area contributed by atoms with E-state index in [0.29, 0.717) is 25.0 Å². The maximum atomic E-state index is 11.1. The van der Waals surface area contributed by atoms with Gasteiger partial charge in [0.05, 0.1) is 16.3 Å². The summed E-state index contributed by atoms with van der Waals surface area (Å²) in [5, 5.41) is 16.9. The third-order valence-electron chi connectivity index (χ3n) is 3.95. The van der Waals surface area contributed by atoms with E-state index in [4.69, 9.17) is 6.42 Å². The molecule has 0 aliphatic carbocycles. The first kappa shape index (κ1) is 19.3. The van der Waals surface area contributed by atoms with E-state index in [2.05, 4.69) is 27.5 Å². The Hall–Kier alpha value is -3.48. The van der Waals surface area contributed by atoms with Crippen LogP contribution in [0.5, 0.6) is 5.75 Å². The summed E-state index contributed by atoms with van der Waals surface area (Å²) in [7, 11) is 0. The van der Waals surface area contributed by atoms with Crippen molar-refractivity contribution in [1.82, 2.24) is 10.3 Å². The van der Waals surface area contributed by atoms with Crippen LogP contribution in [0.15, 0.2) is 36.4 Å². The normalized spacial score (nSPS) is 10.0. The Morgan fingerprint density at radius 2 is 2.18 bits per heavy atom. The number of carbonyl (C=O) groups excluding carboxylic acids is 1. The maximum Gasteiger partial charge on any atom is 0.295 e. The fraction of sp³-hybridized carbons (Fsp3) is 0.182. The Bertz CT molecular complexity index is 1120. The number of aromatic nitrogens is 1. The van der Waals surface area contributed by atoms with Crippen LogP contribution in [0.25, 0.3) is 10.2 Å². The van der Waals surface area contributed by atoms with Gasteiger partial charge in [-0.3, -0.25) is 4.79 Å². The number of thiazole rings is 1. The summed E-state index contributed by atoms with van der Waals surface area (Å²) in [6.07, 6.45) is 5.72. The van der Waals surface area contributed by atoms with Crippen molar-refractivity contribution in [2.24, 2.45) is 0 Å². The predicted octanol–water partition coefficient (Wildman–Crippen LogP) is 3.07. The summed E-state index contributed by atoms with van der Waals surface area (Å²) < 4.78 is 0.930. The summed E-state index contributed by atoms with van der Waals surface area (Å²) in [6, 6.07) is 11.5. The van der Waals surface area contributed by atoms with Crippen LogP contribution in [0.4, 0.5) is 5.69 Å². The molecule has 0 unspecified atom stereocenters. The smallest absolute Gasteiger partial charge is 0.295 e. The number of nitrogens with one attached hydrogen (secondary N) is 2. The molecule has 3 aromatic rings. The van der Waals surface area contributed by atoms with Crippen LogP contribution in [0.3, 0.4) is 0 Å². The molecule has 0 atom stereocenters. The average molecular weight is 389 g/mol. The van der Waals surface area contributed by atoms with Gasteiger partial charge in [0.1, 0.15) is 11.3 Å². The van der Waals surface area contributed by atoms with E-state index >= 15 is 0 Å². The minimum Gasteiger partial charge on any atom is -0.506 e. The highest BCUT2D eigenvalue weighted by Gasteiger charge is 2.06. The van der Waals surface area contributed by atoms with Crippen LogP contribution in [0.2, 0.25) is 0 Å². The number of anilines is 1. The number of nitrogens with zero attached hydrogens (tertiary/aromatic N) is 1. The number of aromatic hydroxyl groups is 1. The van der Waals surface area contributed by atoms with E-state index < -0.39 is 5.91 Å². The van der Waals surface area contributed by atoms with E-state index in [-0.39, 0.29) is 5.75 Å². The highest BCUT2D eigenvalue weighted by atomic mass is 32.1. The summed E-state index contributed by atoms with van der Waals surface area (Å²) in [4.78, 5) is 15.4. The first-order chi connectivity index (χ1) is 13.5. The van der Waals surface area contributed by atoms with Crippen LogP contribution in [-0.4, -0.2) is 29.1 Å². The Morgan fingerprint density at radius 3 is 3.00 bits per heavy atom. The molecule has 0 spiro atoms. The molecule has 5 nitrogen and oxygen atoms in total. The molecule has 0 saturated heterocycles. The number of rotatable bonds is 5. The lowest BCUT2D eigenvalue weighted by molar-refractivity contribution is -0.115. The van der Waals surface area contributed by atoms with Crippen molar-refractivity contribution < 1.29 is 9.90 Å². The monoisotopic (exact) mass is 389 g/mol. The zero-order valence-electron chi connectivity index (χ0n) is 15.4. The standard InChI is InChI=1S/C22H19N3O2S/c1-3-21(27)24-11-9-16-6-4-8-18(12-16)23-10-5-7-17-13-19(26)22-20(14-17)28-15(2)25-22/h1,4,6,8,12-14,23,26H,9-11H2,2H3,(H,24,27). The first-order valence-corrected chi connectivity index (χ1v) is 9.53. The number of terminal acetylenes is 1. The summed E-state index contributed by atoms with van der Waals surface area (Å²) in [5.41, 5.74) is 3.42. The quantitative estimate of drug-likeness (QED) is 0.587. The topological polar surface area (TPSA) is 74.2 Å². The second kappa shape index (κ2) is 8.94. The van der Waals surface area contributed by atoms with Gasteiger partial charge in [-0.2, -0.15) is 0 Å². The van der Waals surface area contributed by atoms with Gasteiger partial charge in [-0.15, -0.1) is 17.8 Å². The van der Waals surface area contributed by atoms with E-state index in [1.807, 2.05) is 43.2 Å². The van der Waals surface area contributed by atoms with Crippen LogP contribution in [0.1, 0.15) is 16.1 Å². The van der Waals surface area contributed by atoms with Gasteiger partial charge >= 0.3 is 0 Å². The summed E-state index contributed by atoms with van der Waals surface area (Å²) in [5.74, 6) is 7.92. The average Bonchev–Trinajstić information content (AvgIpc) is 3.06. The third-order valence-corrected chi connectivity index (χ3v) is 4.87. The fourth-order valence-corrected chi connectivity index (χ4v) is 3.58. The van der Waals surface area contributed by atoms with Gasteiger partial charge in [0.25, 0.3) is 5.91 Å². The molecule has 1 heterocycles. The Kier molecular flexibility index (Phi) is 6.16. The highest BCUT2D eigenvalue weighted by Crippen LogP contribution is 2.30. The zero-order chi connectivity index (χ0) is 19.9. The molecule has 1 amide bonds. The number of hydrogen-bond acceptors (Lipinski definition) is 5. The number of phenols is 1. The van der Waals surface area contributed by atoms with Gasteiger partial charge < -0.3 is 15.7 Å². The van der Waals surface area contributed by atoms with Gasteiger partial charge in [-0.1, -0.05) is 24.0 Å². The molecular weight excluding hydrogens is 370 g/mol. The molecule has 3 rings (SSSR count). The Balaban J connectivity index is 1.58. The van der Waals surface area contributed by atoms with Crippen molar-refractivity contribution in [3.8, 4) is 29.9 Å². The lowest BCUT2D eigenvalue weighted by Gasteiger charge is -2.06. The SMILES string of the molecule is C#CC(=O)NCCc1cccc(NCC#Cc2cc(O)c3nc(C)sc3c2)c1. The van der Waals surface area contributed by atoms with E-state index in [1.165, 1.54) is 11.3 Å². The molecule has 2 aromatic carbocycles.